The minimum atomic E-state index is 0.256. The number of aromatic hydroxyl groups is 1. The van der Waals surface area contributed by atoms with Crippen LogP contribution in [0.1, 0.15) is 11.4 Å². The standard InChI is InChI=1S/C13H12N4O/c14-11-2-1-3-13-15-12(16-17(11)13)8-9-4-6-10(18)7-5-9/h1-7,18H,8,14H2. The highest BCUT2D eigenvalue weighted by Crippen LogP contribution is 2.13. The summed E-state index contributed by atoms with van der Waals surface area (Å²) in [5.41, 5.74) is 7.59. The molecule has 0 aliphatic rings. The van der Waals surface area contributed by atoms with Gasteiger partial charge in [-0.15, -0.1) is 5.10 Å². The highest BCUT2D eigenvalue weighted by Gasteiger charge is 2.06. The summed E-state index contributed by atoms with van der Waals surface area (Å²) in [6.45, 7) is 0. The van der Waals surface area contributed by atoms with Gasteiger partial charge >= 0.3 is 0 Å². The molecule has 2 heterocycles. The average Bonchev–Trinajstić information content (AvgIpc) is 2.76. The summed E-state index contributed by atoms with van der Waals surface area (Å²) in [5, 5.41) is 13.6. The Morgan fingerprint density at radius 1 is 1.11 bits per heavy atom. The predicted octanol–water partition coefficient (Wildman–Crippen LogP) is 1.61. The number of anilines is 1. The Balaban J connectivity index is 1.95. The number of hydrogen-bond donors (Lipinski definition) is 2. The lowest BCUT2D eigenvalue weighted by Gasteiger charge is -1.97. The van der Waals surface area contributed by atoms with Gasteiger partial charge in [0.15, 0.2) is 11.5 Å². The molecule has 0 spiro atoms. The zero-order valence-corrected chi connectivity index (χ0v) is 9.61. The minimum absolute atomic E-state index is 0.256. The molecule has 0 saturated carbocycles. The van der Waals surface area contributed by atoms with Crippen LogP contribution in [0.3, 0.4) is 0 Å². The second-order valence-corrected chi connectivity index (χ2v) is 4.09. The van der Waals surface area contributed by atoms with Gasteiger partial charge in [-0.05, 0) is 29.8 Å². The number of phenols is 1. The van der Waals surface area contributed by atoms with E-state index in [4.69, 9.17) is 5.73 Å². The van der Waals surface area contributed by atoms with Crippen molar-refractivity contribution in [2.45, 2.75) is 6.42 Å². The van der Waals surface area contributed by atoms with Crippen molar-refractivity contribution >= 4 is 11.5 Å². The van der Waals surface area contributed by atoms with Gasteiger partial charge in [0.05, 0.1) is 0 Å². The summed E-state index contributed by atoms with van der Waals surface area (Å²) in [7, 11) is 0. The lowest BCUT2D eigenvalue weighted by atomic mass is 10.1. The van der Waals surface area contributed by atoms with Crippen LogP contribution in [-0.2, 0) is 6.42 Å². The van der Waals surface area contributed by atoms with Crippen LogP contribution in [-0.4, -0.2) is 19.7 Å². The summed E-state index contributed by atoms with van der Waals surface area (Å²) in [6, 6.07) is 12.5. The van der Waals surface area contributed by atoms with E-state index in [9.17, 15) is 5.11 Å². The van der Waals surface area contributed by atoms with Gasteiger partial charge in [0.2, 0.25) is 0 Å². The third-order valence-corrected chi connectivity index (χ3v) is 2.73. The largest absolute Gasteiger partial charge is 0.508 e. The van der Waals surface area contributed by atoms with Gasteiger partial charge < -0.3 is 10.8 Å². The maximum Gasteiger partial charge on any atom is 0.157 e. The first-order chi connectivity index (χ1) is 8.72. The van der Waals surface area contributed by atoms with Crippen molar-refractivity contribution < 1.29 is 5.11 Å². The van der Waals surface area contributed by atoms with E-state index in [-0.39, 0.29) is 5.75 Å². The number of fused-ring (bicyclic) bond motifs is 1. The van der Waals surface area contributed by atoms with Crippen LogP contribution < -0.4 is 5.73 Å². The Labute approximate surface area is 104 Å². The maximum atomic E-state index is 9.22. The molecular weight excluding hydrogens is 228 g/mol. The van der Waals surface area contributed by atoms with Gasteiger partial charge in [0, 0.05) is 6.42 Å². The molecule has 3 aromatic rings. The maximum absolute atomic E-state index is 9.22. The molecule has 5 heteroatoms. The first-order valence-corrected chi connectivity index (χ1v) is 5.60. The van der Waals surface area contributed by atoms with E-state index in [1.54, 1.807) is 22.7 Å². The van der Waals surface area contributed by atoms with Crippen LogP contribution in [0.2, 0.25) is 0 Å². The molecule has 0 radical (unpaired) electrons. The molecule has 18 heavy (non-hydrogen) atoms. The Bertz CT molecular complexity index is 688. The molecule has 5 nitrogen and oxygen atoms in total. The van der Waals surface area contributed by atoms with Crippen LogP contribution in [0.25, 0.3) is 5.65 Å². The van der Waals surface area contributed by atoms with Gasteiger partial charge in [-0.3, -0.25) is 0 Å². The summed E-state index contributed by atoms with van der Waals surface area (Å²) in [4.78, 5) is 4.40. The van der Waals surface area contributed by atoms with Crippen LogP contribution in [0.4, 0.5) is 5.82 Å². The monoisotopic (exact) mass is 240 g/mol. The second kappa shape index (κ2) is 4.03. The summed E-state index contributed by atoms with van der Waals surface area (Å²) in [5.74, 6) is 1.53. The Hall–Kier alpha value is -2.56. The smallest absolute Gasteiger partial charge is 0.157 e. The molecule has 3 rings (SSSR count). The highest BCUT2D eigenvalue weighted by molar-refractivity contribution is 5.46. The molecule has 0 atom stereocenters. The van der Waals surface area contributed by atoms with Crippen molar-refractivity contribution in [3.8, 4) is 5.75 Å². The average molecular weight is 240 g/mol. The number of hydrogen-bond acceptors (Lipinski definition) is 4. The molecule has 0 aliphatic carbocycles. The van der Waals surface area contributed by atoms with Crippen LogP contribution >= 0.6 is 0 Å². The fourth-order valence-corrected chi connectivity index (χ4v) is 1.84. The molecule has 0 unspecified atom stereocenters. The molecular formula is C13H12N4O. The minimum Gasteiger partial charge on any atom is -0.508 e. The number of nitrogens with two attached hydrogens (primary N) is 1. The van der Waals surface area contributed by atoms with E-state index in [0.717, 1.165) is 11.2 Å². The molecule has 0 saturated heterocycles. The SMILES string of the molecule is Nc1cccc2nc(Cc3ccc(O)cc3)nn12. The van der Waals surface area contributed by atoms with Crippen molar-refractivity contribution in [2.24, 2.45) is 0 Å². The van der Waals surface area contributed by atoms with Crippen molar-refractivity contribution in [3.05, 3.63) is 53.9 Å². The molecule has 0 amide bonds. The molecule has 2 aromatic heterocycles. The summed E-state index contributed by atoms with van der Waals surface area (Å²) >= 11 is 0. The quantitative estimate of drug-likeness (QED) is 0.713. The Morgan fingerprint density at radius 2 is 1.89 bits per heavy atom. The van der Waals surface area contributed by atoms with Gasteiger partial charge in [-0.2, -0.15) is 4.52 Å². The first kappa shape index (κ1) is 10.6. The number of aromatic nitrogens is 3. The van der Waals surface area contributed by atoms with Gasteiger partial charge in [-0.25, -0.2) is 4.98 Å². The number of nitrogen functional groups attached to an aromatic ring is 1. The molecule has 0 aliphatic heterocycles. The summed E-state index contributed by atoms with van der Waals surface area (Å²) < 4.78 is 1.62. The first-order valence-electron chi connectivity index (χ1n) is 5.60. The Kier molecular flexibility index (Phi) is 2.37. The van der Waals surface area contributed by atoms with E-state index in [1.165, 1.54) is 0 Å². The van der Waals surface area contributed by atoms with Crippen molar-refractivity contribution in [2.75, 3.05) is 5.73 Å². The third-order valence-electron chi connectivity index (χ3n) is 2.73. The topological polar surface area (TPSA) is 76.4 Å². The van der Waals surface area contributed by atoms with E-state index in [0.29, 0.717) is 18.1 Å². The number of pyridine rings is 1. The van der Waals surface area contributed by atoms with Gasteiger partial charge in [0.1, 0.15) is 11.6 Å². The fraction of sp³-hybridized carbons (Fsp3) is 0.0769. The van der Waals surface area contributed by atoms with E-state index >= 15 is 0 Å². The van der Waals surface area contributed by atoms with Crippen LogP contribution in [0.5, 0.6) is 5.75 Å². The molecule has 3 N–H and O–H groups in total. The van der Waals surface area contributed by atoms with Gasteiger partial charge in [0.25, 0.3) is 0 Å². The number of phenolic OH excluding ortho intramolecular Hbond substituents is 1. The molecule has 0 fully saturated rings. The normalized spacial score (nSPS) is 10.9. The zero-order chi connectivity index (χ0) is 12.5. The highest BCUT2D eigenvalue weighted by atomic mass is 16.3. The Morgan fingerprint density at radius 3 is 2.61 bits per heavy atom. The van der Waals surface area contributed by atoms with Gasteiger partial charge in [-0.1, -0.05) is 18.2 Å². The van der Waals surface area contributed by atoms with Crippen LogP contribution in [0.15, 0.2) is 42.5 Å². The third kappa shape index (κ3) is 1.86. The van der Waals surface area contributed by atoms with E-state index < -0.39 is 0 Å². The fourth-order valence-electron chi connectivity index (χ4n) is 1.84. The van der Waals surface area contributed by atoms with Crippen molar-refractivity contribution in [3.63, 3.8) is 0 Å². The molecule has 0 bridgehead atoms. The lowest BCUT2D eigenvalue weighted by molar-refractivity contribution is 0.475. The zero-order valence-electron chi connectivity index (χ0n) is 9.61. The predicted molar refractivity (Wildman–Crippen MR) is 68.3 cm³/mol. The van der Waals surface area contributed by atoms with E-state index in [2.05, 4.69) is 10.1 Å². The second-order valence-electron chi connectivity index (χ2n) is 4.09. The number of nitrogens with zero attached hydrogens (tertiary/aromatic N) is 3. The van der Waals surface area contributed by atoms with Crippen molar-refractivity contribution in [1.82, 2.24) is 14.6 Å². The number of rotatable bonds is 2. The number of benzene rings is 1. The van der Waals surface area contributed by atoms with Crippen LogP contribution in [0, 0.1) is 0 Å². The lowest BCUT2D eigenvalue weighted by Crippen LogP contribution is -1.98. The molecule has 1 aromatic carbocycles. The molecule has 90 valence electrons. The van der Waals surface area contributed by atoms with E-state index in [1.807, 2.05) is 24.3 Å². The summed E-state index contributed by atoms with van der Waals surface area (Å²) in [6.07, 6.45) is 0.612. The van der Waals surface area contributed by atoms with Crippen molar-refractivity contribution in [1.29, 1.82) is 0 Å².